The molecule has 0 saturated carbocycles. The fourth-order valence-corrected chi connectivity index (χ4v) is 2.80. The third-order valence-electron chi connectivity index (χ3n) is 3.63. The molecule has 4 heteroatoms. The average Bonchev–Trinajstić information content (AvgIpc) is 3.02. The van der Waals surface area contributed by atoms with Crippen molar-refractivity contribution >= 4 is 11.6 Å². The highest BCUT2D eigenvalue weighted by molar-refractivity contribution is 6.30. The summed E-state index contributed by atoms with van der Waals surface area (Å²) in [4.78, 5) is 4.27. The van der Waals surface area contributed by atoms with Gasteiger partial charge in [-0.05, 0) is 36.1 Å². The molecule has 3 nitrogen and oxygen atoms in total. The average molecular weight is 277 g/mol. The van der Waals surface area contributed by atoms with Crippen LogP contribution in [0.2, 0.25) is 5.02 Å². The van der Waals surface area contributed by atoms with Crippen molar-refractivity contribution in [2.75, 3.05) is 0 Å². The van der Waals surface area contributed by atoms with Gasteiger partial charge < -0.3 is 9.73 Å². The molecule has 100 valence electrons. The van der Waals surface area contributed by atoms with Gasteiger partial charge in [-0.3, -0.25) is 0 Å². The van der Waals surface area contributed by atoms with Crippen LogP contribution in [0.15, 0.2) is 28.8 Å². The van der Waals surface area contributed by atoms with Crippen molar-refractivity contribution < 1.29 is 4.42 Å². The van der Waals surface area contributed by atoms with Gasteiger partial charge in [-0.1, -0.05) is 24.6 Å². The van der Waals surface area contributed by atoms with E-state index in [1.165, 1.54) is 11.1 Å². The maximum Gasteiger partial charge on any atom is 0.208 e. The monoisotopic (exact) mass is 276 g/mol. The zero-order valence-corrected chi connectivity index (χ0v) is 11.7. The smallest absolute Gasteiger partial charge is 0.208 e. The summed E-state index contributed by atoms with van der Waals surface area (Å²) >= 11 is 6.02. The summed E-state index contributed by atoms with van der Waals surface area (Å²) in [6.45, 7) is 2.74. The van der Waals surface area contributed by atoms with E-state index in [4.69, 9.17) is 16.0 Å². The Morgan fingerprint density at radius 3 is 3.16 bits per heavy atom. The summed E-state index contributed by atoms with van der Waals surface area (Å²) in [6.07, 6.45) is 4.88. The van der Waals surface area contributed by atoms with Crippen LogP contribution in [-0.4, -0.2) is 4.98 Å². The highest BCUT2D eigenvalue weighted by Crippen LogP contribution is 2.32. The molecule has 0 radical (unpaired) electrons. The van der Waals surface area contributed by atoms with Gasteiger partial charge in [0.05, 0.1) is 12.7 Å². The van der Waals surface area contributed by atoms with Gasteiger partial charge >= 0.3 is 0 Å². The molecule has 1 heterocycles. The van der Waals surface area contributed by atoms with Gasteiger partial charge in [-0.25, -0.2) is 4.98 Å². The minimum Gasteiger partial charge on any atom is -0.444 e. The molecule has 3 rings (SSSR count). The van der Waals surface area contributed by atoms with E-state index in [2.05, 4.69) is 29.4 Å². The quantitative estimate of drug-likeness (QED) is 0.926. The van der Waals surface area contributed by atoms with E-state index in [1.54, 1.807) is 6.20 Å². The predicted molar refractivity (Wildman–Crippen MR) is 75.2 cm³/mol. The van der Waals surface area contributed by atoms with E-state index >= 15 is 0 Å². The van der Waals surface area contributed by atoms with Crippen molar-refractivity contribution in [2.45, 2.75) is 38.8 Å². The van der Waals surface area contributed by atoms with Crippen LogP contribution in [-0.2, 0) is 19.4 Å². The molecule has 0 amide bonds. The first-order valence-electron chi connectivity index (χ1n) is 6.71. The van der Waals surface area contributed by atoms with Crippen LogP contribution in [0.1, 0.15) is 42.2 Å². The van der Waals surface area contributed by atoms with Gasteiger partial charge in [0.2, 0.25) is 5.89 Å². The molecular formula is C15H17ClN2O. The zero-order chi connectivity index (χ0) is 13.2. The summed E-state index contributed by atoms with van der Waals surface area (Å²) in [6, 6.07) is 6.53. The third kappa shape index (κ3) is 2.67. The van der Waals surface area contributed by atoms with Crippen LogP contribution in [0.4, 0.5) is 0 Å². The van der Waals surface area contributed by atoms with Gasteiger partial charge in [0.25, 0.3) is 0 Å². The summed E-state index contributed by atoms with van der Waals surface area (Å²) < 4.78 is 5.60. The molecule has 1 N–H and O–H groups in total. The Labute approximate surface area is 118 Å². The first-order chi connectivity index (χ1) is 9.26. The van der Waals surface area contributed by atoms with Crippen molar-refractivity contribution in [3.05, 3.63) is 52.2 Å². The molecule has 0 saturated heterocycles. The number of aryl methyl sites for hydroxylation is 2. The second kappa shape index (κ2) is 5.35. The number of nitrogens with one attached hydrogen (secondary N) is 1. The number of hydrogen-bond acceptors (Lipinski definition) is 3. The minimum absolute atomic E-state index is 0.379. The summed E-state index contributed by atoms with van der Waals surface area (Å²) in [5, 5.41) is 4.33. The minimum atomic E-state index is 0.379. The lowest BCUT2D eigenvalue weighted by atomic mass is 10.1. The summed E-state index contributed by atoms with van der Waals surface area (Å²) in [7, 11) is 0. The van der Waals surface area contributed by atoms with Gasteiger partial charge in [-0.2, -0.15) is 0 Å². The molecule has 19 heavy (non-hydrogen) atoms. The Bertz CT molecular complexity index is 579. The van der Waals surface area contributed by atoms with Crippen molar-refractivity contribution in [3.8, 4) is 0 Å². The molecule has 1 aliphatic rings. The van der Waals surface area contributed by atoms with Crippen molar-refractivity contribution in [1.82, 2.24) is 10.3 Å². The second-order valence-electron chi connectivity index (χ2n) is 4.89. The van der Waals surface area contributed by atoms with Gasteiger partial charge in [0, 0.05) is 17.5 Å². The van der Waals surface area contributed by atoms with Gasteiger partial charge in [0.15, 0.2) is 0 Å². The van der Waals surface area contributed by atoms with Crippen LogP contribution in [0.5, 0.6) is 0 Å². The van der Waals surface area contributed by atoms with E-state index < -0.39 is 0 Å². The Hall–Kier alpha value is -1.32. The third-order valence-corrected chi connectivity index (χ3v) is 3.87. The normalized spacial score (nSPS) is 17.7. The maximum atomic E-state index is 6.02. The molecule has 0 fully saturated rings. The van der Waals surface area contributed by atoms with E-state index in [1.807, 2.05) is 6.07 Å². The topological polar surface area (TPSA) is 38.1 Å². The Morgan fingerprint density at radius 2 is 2.37 bits per heavy atom. The number of fused-ring (bicyclic) bond motifs is 1. The molecule has 1 unspecified atom stereocenters. The Morgan fingerprint density at radius 1 is 1.47 bits per heavy atom. The molecule has 0 bridgehead atoms. The number of rotatable bonds is 4. The van der Waals surface area contributed by atoms with Crippen LogP contribution in [0.25, 0.3) is 0 Å². The molecule has 1 atom stereocenters. The SMILES string of the molecule is CCc1cnc(CNC2CCc3cc(Cl)ccc32)o1. The van der Waals surface area contributed by atoms with E-state index in [9.17, 15) is 0 Å². The highest BCUT2D eigenvalue weighted by Gasteiger charge is 2.22. The van der Waals surface area contributed by atoms with Crippen LogP contribution < -0.4 is 5.32 Å². The van der Waals surface area contributed by atoms with Crippen LogP contribution in [0, 0.1) is 0 Å². The fraction of sp³-hybridized carbons (Fsp3) is 0.400. The van der Waals surface area contributed by atoms with Crippen LogP contribution in [0.3, 0.4) is 0 Å². The predicted octanol–water partition coefficient (Wildman–Crippen LogP) is 3.67. The van der Waals surface area contributed by atoms with E-state index in [0.29, 0.717) is 12.6 Å². The number of aromatic nitrogens is 1. The Balaban J connectivity index is 1.66. The fourth-order valence-electron chi connectivity index (χ4n) is 2.60. The number of benzene rings is 1. The van der Waals surface area contributed by atoms with Gasteiger partial charge in [-0.15, -0.1) is 0 Å². The van der Waals surface area contributed by atoms with Gasteiger partial charge in [0.1, 0.15) is 5.76 Å². The summed E-state index contributed by atoms with van der Waals surface area (Å²) in [5.41, 5.74) is 2.71. The summed E-state index contributed by atoms with van der Waals surface area (Å²) in [5.74, 6) is 1.70. The van der Waals surface area contributed by atoms with Crippen LogP contribution >= 0.6 is 11.6 Å². The van der Waals surface area contributed by atoms with E-state index in [-0.39, 0.29) is 0 Å². The highest BCUT2D eigenvalue weighted by atomic mass is 35.5. The van der Waals surface area contributed by atoms with Crippen molar-refractivity contribution in [1.29, 1.82) is 0 Å². The molecular weight excluding hydrogens is 260 g/mol. The lowest BCUT2D eigenvalue weighted by molar-refractivity contribution is 0.416. The second-order valence-corrected chi connectivity index (χ2v) is 5.33. The molecule has 2 aromatic rings. The first-order valence-corrected chi connectivity index (χ1v) is 7.09. The lowest BCUT2D eigenvalue weighted by Gasteiger charge is -2.12. The molecule has 0 aliphatic heterocycles. The number of halogens is 1. The number of nitrogens with zero attached hydrogens (tertiary/aromatic N) is 1. The first kappa shape index (κ1) is 12.7. The van der Waals surface area contributed by atoms with Crippen molar-refractivity contribution in [2.24, 2.45) is 0 Å². The molecule has 1 aromatic carbocycles. The maximum absolute atomic E-state index is 6.02. The number of hydrogen-bond donors (Lipinski definition) is 1. The number of oxazole rings is 1. The lowest BCUT2D eigenvalue weighted by Crippen LogP contribution is -2.18. The largest absolute Gasteiger partial charge is 0.444 e. The molecule has 1 aromatic heterocycles. The molecule has 0 spiro atoms. The molecule has 1 aliphatic carbocycles. The standard InChI is InChI=1S/C15H17ClN2O/c1-2-12-8-18-15(19-12)9-17-14-6-3-10-7-11(16)4-5-13(10)14/h4-5,7-8,14,17H,2-3,6,9H2,1H3. The van der Waals surface area contributed by atoms with Crippen molar-refractivity contribution in [3.63, 3.8) is 0 Å². The zero-order valence-electron chi connectivity index (χ0n) is 10.9. The van der Waals surface area contributed by atoms with E-state index in [0.717, 1.165) is 35.9 Å². The Kier molecular flexibility index (Phi) is 3.58.